The standard InChI is InChI=1S/C16H15NO.C8H14O2.C6H13NO2S.C6H14.2CH4/c1-11(2)18-17-16-14-9-5-3-7-12(14)13-8-4-6-10-15(13)16;1-6(2)8(9)10-7-4-3-5-7;1-5(2)7-10(8,9)6-3-4-6;1-5(2)6(3)4;;/h3-11H,1-2H3;6-7H,3-5H2,1-2H3;5-7H,3-4H2,1-2H3;5-6H,1-4H3;2*1H4. The molecule has 8 heteroatoms. The van der Waals surface area contributed by atoms with Crippen LogP contribution in [0.5, 0.6) is 0 Å². The molecular formula is C38H64N2O5S. The fourth-order valence-electron chi connectivity index (χ4n) is 3.84. The average Bonchev–Trinajstić information content (AvgIpc) is 3.74. The molecule has 0 atom stereocenters. The van der Waals surface area contributed by atoms with E-state index >= 15 is 0 Å². The summed E-state index contributed by atoms with van der Waals surface area (Å²) in [6.45, 7) is 20.3. The average molecular weight is 661 g/mol. The van der Waals surface area contributed by atoms with Gasteiger partial charge in [0.25, 0.3) is 0 Å². The summed E-state index contributed by atoms with van der Waals surface area (Å²) < 4.78 is 29.8. The molecule has 3 aliphatic carbocycles. The summed E-state index contributed by atoms with van der Waals surface area (Å²) in [5, 5.41) is 4.23. The van der Waals surface area contributed by atoms with E-state index in [0.717, 1.165) is 54.4 Å². The second-order valence-electron chi connectivity index (χ2n) is 13.3. The highest BCUT2D eigenvalue weighted by Crippen LogP contribution is 2.36. The van der Waals surface area contributed by atoms with Crippen molar-refractivity contribution in [2.75, 3.05) is 0 Å². The van der Waals surface area contributed by atoms with Crippen LogP contribution >= 0.6 is 0 Å². The van der Waals surface area contributed by atoms with Crippen LogP contribution in [-0.4, -0.2) is 43.6 Å². The number of benzene rings is 2. The molecule has 2 fully saturated rings. The Bertz CT molecular complexity index is 1250. The Morgan fingerprint density at radius 2 is 1.17 bits per heavy atom. The zero-order valence-corrected chi connectivity index (χ0v) is 29.4. The third-order valence-corrected chi connectivity index (χ3v) is 9.66. The van der Waals surface area contributed by atoms with Crippen LogP contribution in [0.3, 0.4) is 0 Å². The summed E-state index contributed by atoms with van der Waals surface area (Å²) in [4.78, 5) is 16.4. The molecule has 0 aromatic heterocycles. The van der Waals surface area contributed by atoms with Crippen LogP contribution < -0.4 is 4.72 Å². The van der Waals surface area contributed by atoms with E-state index in [0.29, 0.717) is 0 Å². The van der Waals surface area contributed by atoms with Crippen LogP contribution in [0.25, 0.3) is 11.1 Å². The van der Waals surface area contributed by atoms with Crippen LogP contribution in [0.4, 0.5) is 0 Å². The van der Waals surface area contributed by atoms with Crippen molar-refractivity contribution in [3.8, 4) is 11.1 Å². The maximum Gasteiger partial charge on any atom is 0.308 e. The molecule has 2 saturated carbocycles. The molecule has 5 rings (SSSR count). The number of ether oxygens (including phenoxy) is 1. The molecule has 0 unspecified atom stereocenters. The molecule has 2 aromatic carbocycles. The quantitative estimate of drug-likeness (QED) is 0.192. The lowest BCUT2D eigenvalue weighted by Crippen LogP contribution is -2.32. The molecule has 2 aromatic rings. The van der Waals surface area contributed by atoms with Gasteiger partial charge in [0.1, 0.15) is 17.9 Å². The summed E-state index contributed by atoms with van der Waals surface area (Å²) in [5.74, 6) is 1.68. The zero-order valence-electron chi connectivity index (χ0n) is 28.6. The predicted molar refractivity (Wildman–Crippen MR) is 196 cm³/mol. The number of hydrogen-bond acceptors (Lipinski definition) is 6. The molecule has 0 amide bonds. The van der Waals surface area contributed by atoms with E-state index in [-0.39, 0.29) is 50.2 Å². The molecule has 262 valence electrons. The Labute approximate surface area is 282 Å². The molecule has 0 aliphatic heterocycles. The molecule has 0 radical (unpaired) electrons. The minimum Gasteiger partial charge on any atom is -0.462 e. The number of esters is 1. The van der Waals surface area contributed by atoms with E-state index in [1.807, 2.05) is 53.7 Å². The normalized spacial score (nSPS) is 14.6. The van der Waals surface area contributed by atoms with Crippen molar-refractivity contribution in [1.29, 1.82) is 0 Å². The third kappa shape index (κ3) is 14.4. The van der Waals surface area contributed by atoms with Gasteiger partial charge >= 0.3 is 5.97 Å². The van der Waals surface area contributed by atoms with Gasteiger partial charge in [-0.1, -0.05) is 110 Å². The Kier molecular flexibility index (Phi) is 19.3. The molecule has 0 saturated heterocycles. The molecule has 0 bridgehead atoms. The Balaban J connectivity index is 0.000000628. The van der Waals surface area contributed by atoms with Gasteiger partial charge in [-0.05, 0) is 82.8 Å². The number of nitrogens with one attached hydrogen (secondary N) is 1. The van der Waals surface area contributed by atoms with E-state index in [1.54, 1.807) is 0 Å². The van der Waals surface area contributed by atoms with E-state index in [4.69, 9.17) is 9.57 Å². The lowest BCUT2D eigenvalue weighted by Gasteiger charge is -2.25. The summed E-state index contributed by atoms with van der Waals surface area (Å²) in [6, 6.07) is 16.7. The van der Waals surface area contributed by atoms with Gasteiger partial charge in [0, 0.05) is 17.2 Å². The van der Waals surface area contributed by atoms with Crippen molar-refractivity contribution in [2.45, 2.75) is 140 Å². The maximum atomic E-state index is 11.1. The van der Waals surface area contributed by atoms with Gasteiger partial charge in [-0.2, -0.15) is 0 Å². The first-order valence-corrected chi connectivity index (χ1v) is 17.8. The zero-order chi connectivity index (χ0) is 33.0. The predicted octanol–water partition coefficient (Wildman–Crippen LogP) is 9.63. The molecule has 3 aliphatic rings. The van der Waals surface area contributed by atoms with Crippen LogP contribution in [0.15, 0.2) is 53.7 Å². The molecule has 0 heterocycles. The van der Waals surface area contributed by atoms with Gasteiger partial charge in [-0.3, -0.25) is 4.79 Å². The summed E-state index contributed by atoms with van der Waals surface area (Å²) in [7, 11) is -2.94. The maximum absolute atomic E-state index is 11.1. The van der Waals surface area contributed by atoms with E-state index in [2.05, 4.69) is 74.0 Å². The van der Waals surface area contributed by atoms with Gasteiger partial charge < -0.3 is 9.57 Å². The van der Waals surface area contributed by atoms with Gasteiger partial charge in [-0.15, -0.1) is 0 Å². The molecule has 1 N–H and O–H groups in total. The lowest BCUT2D eigenvalue weighted by atomic mass is 9.96. The SMILES string of the molecule is C.C.CC(C)C(=O)OC1CCC1.CC(C)C(C)C.CC(C)NS(=O)(=O)C1CC1.CC(C)ON=C1c2ccccc2-c2ccccc21. The van der Waals surface area contributed by atoms with Crippen molar-refractivity contribution in [2.24, 2.45) is 22.9 Å². The van der Waals surface area contributed by atoms with Crippen LogP contribution in [-0.2, 0) is 24.4 Å². The smallest absolute Gasteiger partial charge is 0.308 e. The Morgan fingerprint density at radius 3 is 1.48 bits per heavy atom. The fraction of sp³-hybridized carbons (Fsp3) is 0.632. The van der Waals surface area contributed by atoms with Crippen LogP contribution in [0.2, 0.25) is 0 Å². The molecular weight excluding hydrogens is 596 g/mol. The first kappa shape index (κ1) is 43.3. The van der Waals surface area contributed by atoms with Gasteiger partial charge in [0.15, 0.2) is 0 Å². The lowest BCUT2D eigenvalue weighted by molar-refractivity contribution is -0.156. The first-order valence-electron chi connectivity index (χ1n) is 16.3. The van der Waals surface area contributed by atoms with Crippen molar-refractivity contribution in [1.82, 2.24) is 4.72 Å². The third-order valence-electron chi connectivity index (χ3n) is 7.51. The largest absolute Gasteiger partial charge is 0.462 e. The second kappa shape index (κ2) is 20.5. The summed E-state index contributed by atoms with van der Waals surface area (Å²) in [5.41, 5.74) is 5.71. The monoisotopic (exact) mass is 660 g/mol. The minimum atomic E-state index is -2.94. The van der Waals surface area contributed by atoms with Crippen molar-refractivity contribution < 1.29 is 22.8 Å². The highest BCUT2D eigenvalue weighted by molar-refractivity contribution is 7.90. The summed E-state index contributed by atoms with van der Waals surface area (Å²) >= 11 is 0. The Morgan fingerprint density at radius 1 is 0.739 bits per heavy atom. The molecule has 0 spiro atoms. The van der Waals surface area contributed by atoms with Crippen LogP contribution in [0.1, 0.15) is 127 Å². The minimum absolute atomic E-state index is 0. The van der Waals surface area contributed by atoms with Gasteiger partial charge in [0.05, 0.1) is 11.2 Å². The number of rotatable bonds is 8. The topological polar surface area (TPSA) is 94.1 Å². The molecule has 7 nitrogen and oxygen atoms in total. The van der Waals surface area contributed by atoms with E-state index in [1.165, 1.54) is 17.5 Å². The fourth-order valence-corrected chi connectivity index (χ4v) is 5.45. The summed E-state index contributed by atoms with van der Waals surface area (Å²) in [6.07, 6.45) is 5.36. The number of nitrogens with zero attached hydrogens (tertiary/aromatic N) is 1. The highest BCUT2D eigenvalue weighted by Gasteiger charge is 2.35. The van der Waals surface area contributed by atoms with Gasteiger partial charge in [-0.25, -0.2) is 13.1 Å². The number of carbonyl (C=O) groups excluding carboxylic acids is 1. The van der Waals surface area contributed by atoms with Crippen molar-refractivity contribution in [3.63, 3.8) is 0 Å². The Hall–Kier alpha value is -2.71. The van der Waals surface area contributed by atoms with E-state index in [9.17, 15) is 13.2 Å². The van der Waals surface area contributed by atoms with Crippen LogP contribution in [0, 0.1) is 17.8 Å². The number of hydrogen-bond donors (Lipinski definition) is 1. The number of carbonyl (C=O) groups is 1. The number of sulfonamides is 1. The molecule has 46 heavy (non-hydrogen) atoms. The van der Waals surface area contributed by atoms with E-state index < -0.39 is 10.0 Å². The highest BCUT2D eigenvalue weighted by atomic mass is 32.2. The van der Waals surface area contributed by atoms with Crippen molar-refractivity contribution >= 4 is 21.7 Å². The number of fused-ring (bicyclic) bond motifs is 3. The number of oxime groups is 1. The van der Waals surface area contributed by atoms with Gasteiger partial charge in [0.2, 0.25) is 10.0 Å². The van der Waals surface area contributed by atoms with Crippen molar-refractivity contribution in [3.05, 3.63) is 59.7 Å². The first-order chi connectivity index (χ1) is 20.6. The second-order valence-corrected chi connectivity index (χ2v) is 15.3.